The van der Waals surface area contributed by atoms with Crippen molar-refractivity contribution < 1.29 is 0 Å². The molecule has 0 saturated heterocycles. The fourth-order valence-corrected chi connectivity index (χ4v) is 2.92. The Hall–Kier alpha value is -2.66. The van der Waals surface area contributed by atoms with Crippen LogP contribution in [0.4, 0.5) is 0 Å². The van der Waals surface area contributed by atoms with Gasteiger partial charge in [-0.15, -0.1) is 0 Å². The van der Waals surface area contributed by atoms with Gasteiger partial charge in [0, 0.05) is 0 Å². The van der Waals surface area contributed by atoms with Crippen molar-refractivity contribution in [1.82, 2.24) is 19.9 Å². The van der Waals surface area contributed by atoms with E-state index < -0.39 is 0 Å². The predicted molar refractivity (Wildman–Crippen MR) is 87.7 cm³/mol. The van der Waals surface area contributed by atoms with Gasteiger partial charge in [0.25, 0.3) is 0 Å². The Bertz CT molecular complexity index is 918. The summed E-state index contributed by atoms with van der Waals surface area (Å²) in [5, 5.41) is 1.64. The topological polar surface area (TPSA) is 54.5 Å². The number of H-pyrrole nitrogens is 1. The molecule has 2 aromatic carbocycles. The number of para-hydroxylation sites is 2. The minimum Gasteiger partial charge on any atom is -0.333 e. The summed E-state index contributed by atoms with van der Waals surface area (Å²) in [6.07, 6.45) is 3.61. The molecule has 2 aromatic heterocycles. The van der Waals surface area contributed by atoms with Crippen molar-refractivity contribution in [3.8, 4) is 11.3 Å². The lowest BCUT2D eigenvalue weighted by Gasteiger charge is -2.00. The molecule has 2 heterocycles. The maximum atomic E-state index is 4.59. The third kappa shape index (κ3) is 2.58. The van der Waals surface area contributed by atoms with E-state index in [1.165, 1.54) is 11.8 Å². The minimum absolute atomic E-state index is 0.809. The van der Waals surface area contributed by atoms with Gasteiger partial charge in [0.05, 0.1) is 29.1 Å². The van der Waals surface area contributed by atoms with E-state index in [1.54, 1.807) is 6.20 Å². The molecule has 0 unspecified atom stereocenters. The second-order valence-electron chi connectivity index (χ2n) is 4.77. The quantitative estimate of drug-likeness (QED) is 0.617. The standard InChI is InChI=1S/C17H12N4S/c1-2-6-12(7-3-1)15-10-19-17(21-15)22-16-11-18-13-8-4-5-9-14(13)20-16/h1-11H,(H,19,21). The molecule has 22 heavy (non-hydrogen) atoms. The number of hydrogen-bond donors (Lipinski definition) is 1. The largest absolute Gasteiger partial charge is 0.333 e. The summed E-state index contributed by atoms with van der Waals surface area (Å²) >= 11 is 1.48. The fourth-order valence-electron chi connectivity index (χ4n) is 2.21. The number of rotatable bonds is 3. The van der Waals surface area contributed by atoms with Crippen LogP contribution in [0.15, 0.2) is 77.2 Å². The van der Waals surface area contributed by atoms with E-state index in [0.717, 1.165) is 32.5 Å². The third-order valence-electron chi connectivity index (χ3n) is 3.26. The molecule has 0 spiro atoms. The number of aromatic nitrogens is 4. The van der Waals surface area contributed by atoms with Gasteiger partial charge in [-0.1, -0.05) is 42.5 Å². The molecule has 4 rings (SSSR count). The van der Waals surface area contributed by atoms with Gasteiger partial charge in [-0.2, -0.15) is 0 Å². The molecule has 106 valence electrons. The number of nitrogens with one attached hydrogen (secondary N) is 1. The highest BCUT2D eigenvalue weighted by atomic mass is 32.2. The van der Waals surface area contributed by atoms with E-state index >= 15 is 0 Å². The minimum atomic E-state index is 0.809. The molecule has 0 atom stereocenters. The number of benzene rings is 2. The molecule has 5 heteroatoms. The zero-order valence-corrected chi connectivity index (χ0v) is 12.4. The highest BCUT2D eigenvalue weighted by molar-refractivity contribution is 7.99. The first-order chi connectivity index (χ1) is 10.9. The fraction of sp³-hybridized carbons (Fsp3) is 0. The summed E-state index contributed by atoms with van der Waals surface area (Å²) in [5.41, 5.74) is 3.90. The van der Waals surface area contributed by atoms with Gasteiger partial charge >= 0.3 is 0 Å². The summed E-state index contributed by atoms with van der Waals surface area (Å²) in [7, 11) is 0. The van der Waals surface area contributed by atoms with Gasteiger partial charge in [-0.25, -0.2) is 9.97 Å². The maximum absolute atomic E-state index is 4.59. The SMILES string of the molecule is c1ccc(-c2cnc(Sc3cnc4ccccc4n3)[nH]2)cc1. The van der Waals surface area contributed by atoms with Crippen molar-refractivity contribution in [2.24, 2.45) is 0 Å². The molecule has 0 saturated carbocycles. The molecule has 0 fully saturated rings. The second-order valence-corrected chi connectivity index (χ2v) is 5.78. The van der Waals surface area contributed by atoms with Crippen molar-refractivity contribution in [2.75, 3.05) is 0 Å². The average molecular weight is 304 g/mol. The van der Waals surface area contributed by atoms with Crippen molar-refractivity contribution in [1.29, 1.82) is 0 Å². The predicted octanol–water partition coefficient (Wildman–Crippen LogP) is 4.17. The van der Waals surface area contributed by atoms with Gasteiger partial charge in [-0.05, 0) is 29.5 Å². The van der Waals surface area contributed by atoms with Crippen LogP contribution in [0.25, 0.3) is 22.3 Å². The Kier molecular flexibility index (Phi) is 3.33. The normalized spacial score (nSPS) is 10.9. The van der Waals surface area contributed by atoms with E-state index in [2.05, 4.69) is 32.1 Å². The summed E-state index contributed by atoms with van der Waals surface area (Å²) in [4.78, 5) is 16.7. The molecule has 4 aromatic rings. The second kappa shape index (κ2) is 5.61. The molecule has 0 aliphatic rings. The monoisotopic (exact) mass is 304 g/mol. The summed E-state index contributed by atoms with van der Waals surface area (Å²) in [6.45, 7) is 0. The van der Waals surface area contributed by atoms with Crippen LogP contribution in [0.3, 0.4) is 0 Å². The Labute approximate surface area is 131 Å². The number of nitrogens with zero attached hydrogens (tertiary/aromatic N) is 3. The van der Waals surface area contributed by atoms with Crippen molar-refractivity contribution in [3.05, 3.63) is 67.0 Å². The first-order valence-corrected chi connectivity index (χ1v) is 7.70. The molecule has 0 radical (unpaired) electrons. The smallest absolute Gasteiger partial charge is 0.172 e. The Morgan fingerprint density at radius 2 is 1.55 bits per heavy atom. The van der Waals surface area contributed by atoms with Crippen LogP contribution >= 0.6 is 11.8 Å². The van der Waals surface area contributed by atoms with Crippen molar-refractivity contribution in [2.45, 2.75) is 10.2 Å². The van der Waals surface area contributed by atoms with E-state index in [1.807, 2.05) is 48.7 Å². The maximum Gasteiger partial charge on any atom is 0.172 e. The highest BCUT2D eigenvalue weighted by Gasteiger charge is 2.06. The molecular formula is C17H12N4S. The van der Waals surface area contributed by atoms with Gasteiger partial charge < -0.3 is 4.98 Å². The number of imidazole rings is 1. The zero-order chi connectivity index (χ0) is 14.8. The number of hydrogen-bond acceptors (Lipinski definition) is 4. The van der Waals surface area contributed by atoms with Crippen molar-refractivity contribution in [3.63, 3.8) is 0 Å². The van der Waals surface area contributed by atoms with Crippen LogP contribution in [-0.2, 0) is 0 Å². The van der Waals surface area contributed by atoms with Crippen molar-refractivity contribution >= 4 is 22.8 Å². The molecule has 4 nitrogen and oxygen atoms in total. The Morgan fingerprint density at radius 1 is 0.773 bits per heavy atom. The van der Waals surface area contributed by atoms with Gasteiger partial charge in [0.2, 0.25) is 0 Å². The van der Waals surface area contributed by atoms with E-state index in [-0.39, 0.29) is 0 Å². The van der Waals surface area contributed by atoms with Gasteiger partial charge in [0.15, 0.2) is 5.16 Å². The molecule has 0 aliphatic heterocycles. The van der Waals surface area contributed by atoms with Gasteiger partial charge in [0.1, 0.15) is 5.03 Å². The number of aromatic amines is 1. The lowest BCUT2D eigenvalue weighted by Crippen LogP contribution is -1.86. The molecule has 1 N–H and O–H groups in total. The van der Waals surface area contributed by atoms with E-state index in [4.69, 9.17) is 0 Å². The first kappa shape index (κ1) is 13.0. The van der Waals surface area contributed by atoms with E-state index in [0.29, 0.717) is 0 Å². The lowest BCUT2D eigenvalue weighted by atomic mass is 10.2. The van der Waals surface area contributed by atoms with Crippen LogP contribution in [0, 0.1) is 0 Å². The average Bonchev–Trinajstić information content (AvgIpc) is 3.04. The van der Waals surface area contributed by atoms with Crippen LogP contribution in [-0.4, -0.2) is 19.9 Å². The first-order valence-electron chi connectivity index (χ1n) is 6.88. The van der Waals surface area contributed by atoms with Crippen LogP contribution < -0.4 is 0 Å². The summed E-state index contributed by atoms with van der Waals surface area (Å²) < 4.78 is 0. The zero-order valence-electron chi connectivity index (χ0n) is 11.6. The molecule has 0 aliphatic carbocycles. The van der Waals surface area contributed by atoms with Gasteiger partial charge in [-0.3, -0.25) is 4.98 Å². The lowest BCUT2D eigenvalue weighted by molar-refractivity contribution is 1.04. The third-order valence-corrected chi connectivity index (χ3v) is 4.07. The highest BCUT2D eigenvalue weighted by Crippen LogP contribution is 2.26. The molecule has 0 amide bonds. The number of fused-ring (bicyclic) bond motifs is 1. The van der Waals surface area contributed by atoms with Crippen LogP contribution in [0.5, 0.6) is 0 Å². The van der Waals surface area contributed by atoms with E-state index in [9.17, 15) is 0 Å². The van der Waals surface area contributed by atoms with Crippen LogP contribution in [0.2, 0.25) is 0 Å². The molecule has 0 bridgehead atoms. The Balaban J connectivity index is 1.61. The molecular weight excluding hydrogens is 292 g/mol. The van der Waals surface area contributed by atoms with Crippen LogP contribution in [0.1, 0.15) is 0 Å². The summed E-state index contributed by atoms with van der Waals surface area (Å²) in [5.74, 6) is 0. The Morgan fingerprint density at radius 3 is 2.41 bits per heavy atom. The summed E-state index contributed by atoms with van der Waals surface area (Å²) in [6, 6.07) is 18.0.